The molecule has 0 aliphatic carbocycles. The number of anilines is 1. The smallest absolute Gasteiger partial charge is 0.180 e. The number of aromatic amines is 1. The van der Waals surface area contributed by atoms with Gasteiger partial charge in [0.2, 0.25) is 0 Å². The van der Waals surface area contributed by atoms with Crippen molar-refractivity contribution in [2.75, 3.05) is 38.5 Å². The maximum absolute atomic E-state index is 5.73. The predicted octanol–water partition coefficient (Wildman–Crippen LogP) is 2.57. The highest BCUT2D eigenvalue weighted by molar-refractivity contribution is 7.13. The van der Waals surface area contributed by atoms with E-state index in [2.05, 4.69) is 73.7 Å². The number of rotatable bonds is 6. The number of piperazine rings is 1. The van der Waals surface area contributed by atoms with Crippen molar-refractivity contribution in [2.45, 2.75) is 18.9 Å². The monoisotopic (exact) mass is 382 g/mol. The van der Waals surface area contributed by atoms with Crippen LogP contribution >= 0.6 is 11.3 Å². The molecule has 3 heterocycles. The number of nitrogens with zero attached hydrogens (tertiary/aromatic N) is 4. The van der Waals surface area contributed by atoms with Crippen LogP contribution in [-0.4, -0.2) is 57.7 Å². The molecule has 1 saturated heterocycles. The highest BCUT2D eigenvalue weighted by Crippen LogP contribution is 2.35. The number of benzene rings is 1. The molecule has 2 aromatic heterocycles. The van der Waals surface area contributed by atoms with E-state index in [1.165, 1.54) is 16.9 Å². The van der Waals surface area contributed by atoms with Crippen molar-refractivity contribution in [1.82, 2.24) is 25.0 Å². The molecule has 1 aromatic carbocycles. The van der Waals surface area contributed by atoms with Gasteiger partial charge in [0, 0.05) is 50.7 Å². The topological polar surface area (TPSA) is 74.1 Å². The predicted molar refractivity (Wildman–Crippen MR) is 110 cm³/mol. The van der Waals surface area contributed by atoms with Gasteiger partial charge in [0.1, 0.15) is 0 Å². The third kappa shape index (κ3) is 3.76. The Morgan fingerprint density at radius 1 is 1.15 bits per heavy atom. The number of aromatic nitrogens is 3. The number of H-pyrrole nitrogens is 1. The van der Waals surface area contributed by atoms with Gasteiger partial charge in [-0.2, -0.15) is 5.10 Å². The zero-order valence-electron chi connectivity index (χ0n) is 15.6. The van der Waals surface area contributed by atoms with Crippen molar-refractivity contribution in [3.05, 3.63) is 64.9 Å². The maximum atomic E-state index is 5.73. The first kappa shape index (κ1) is 18.2. The van der Waals surface area contributed by atoms with Crippen molar-refractivity contribution < 1.29 is 0 Å². The van der Waals surface area contributed by atoms with Gasteiger partial charge >= 0.3 is 0 Å². The summed E-state index contributed by atoms with van der Waals surface area (Å²) in [7, 11) is 0. The quantitative estimate of drug-likeness (QED) is 0.685. The van der Waals surface area contributed by atoms with E-state index in [9.17, 15) is 0 Å². The Hall–Kier alpha value is -2.22. The van der Waals surface area contributed by atoms with Gasteiger partial charge in [-0.05, 0) is 18.6 Å². The third-order valence-electron chi connectivity index (χ3n) is 5.62. The fourth-order valence-electron chi connectivity index (χ4n) is 3.93. The summed E-state index contributed by atoms with van der Waals surface area (Å²) in [5.41, 5.74) is 9.07. The van der Waals surface area contributed by atoms with Gasteiger partial charge in [-0.25, -0.2) is 4.98 Å². The minimum Gasteiger partial charge on any atom is -0.375 e. The molecule has 1 atom stereocenters. The summed E-state index contributed by atoms with van der Waals surface area (Å²) in [6, 6.07) is 12.8. The summed E-state index contributed by atoms with van der Waals surface area (Å²) in [4.78, 5) is 9.45. The number of nitrogens with one attached hydrogen (secondary N) is 1. The van der Waals surface area contributed by atoms with Gasteiger partial charge in [0.25, 0.3) is 0 Å². The van der Waals surface area contributed by atoms with E-state index >= 15 is 0 Å². The molecule has 1 aliphatic rings. The van der Waals surface area contributed by atoms with Crippen LogP contribution in [0.2, 0.25) is 0 Å². The molecule has 7 heteroatoms. The largest absolute Gasteiger partial charge is 0.375 e. The average molecular weight is 383 g/mol. The van der Waals surface area contributed by atoms with E-state index in [0.717, 1.165) is 50.5 Å². The molecule has 1 aliphatic heterocycles. The normalized spacial score (nSPS) is 18.4. The van der Waals surface area contributed by atoms with Gasteiger partial charge in [0.15, 0.2) is 5.13 Å². The van der Waals surface area contributed by atoms with E-state index in [0.29, 0.717) is 5.13 Å². The molecule has 0 bridgehead atoms. The molecule has 0 amide bonds. The first-order valence-corrected chi connectivity index (χ1v) is 10.3. The van der Waals surface area contributed by atoms with Gasteiger partial charge < -0.3 is 10.6 Å². The third-order valence-corrected chi connectivity index (χ3v) is 6.34. The first-order chi connectivity index (χ1) is 13.2. The molecule has 0 saturated carbocycles. The van der Waals surface area contributed by atoms with E-state index in [1.54, 1.807) is 0 Å². The minimum absolute atomic E-state index is 0.201. The zero-order valence-corrected chi connectivity index (χ0v) is 16.5. The second kappa shape index (κ2) is 7.80. The van der Waals surface area contributed by atoms with E-state index in [1.807, 2.05) is 6.20 Å². The highest BCUT2D eigenvalue weighted by atomic mass is 32.1. The number of thiazole rings is 1. The van der Waals surface area contributed by atoms with E-state index in [4.69, 9.17) is 5.73 Å². The Morgan fingerprint density at radius 3 is 2.56 bits per heavy atom. The second-order valence-electron chi connectivity index (χ2n) is 7.16. The summed E-state index contributed by atoms with van der Waals surface area (Å²) >= 11 is 1.52. The zero-order chi connectivity index (χ0) is 18.7. The van der Waals surface area contributed by atoms with Gasteiger partial charge in [-0.3, -0.25) is 10.00 Å². The van der Waals surface area contributed by atoms with Crippen molar-refractivity contribution in [2.24, 2.45) is 0 Å². The van der Waals surface area contributed by atoms with E-state index in [-0.39, 0.29) is 5.54 Å². The Balaban J connectivity index is 1.44. The Labute approximate surface area is 164 Å². The Kier molecular flexibility index (Phi) is 5.24. The SMILES string of the molecule is CC(c1ccccc1)(c1ccn[nH]1)N1CCN(CCc2csc(N)n2)CC1. The van der Waals surface area contributed by atoms with Crippen molar-refractivity contribution in [3.63, 3.8) is 0 Å². The summed E-state index contributed by atoms with van der Waals surface area (Å²) in [6.45, 7) is 7.46. The lowest BCUT2D eigenvalue weighted by Gasteiger charge is -2.45. The van der Waals surface area contributed by atoms with Crippen molar-refractivity contribution in [3.8, 4) is 0 Å². The van der Waals surface area contributed by atoms with Crippen LogP contribution in [0.4, 0.5) is 5.13 Å². The fourth-order valence-corrected chi connectivity index (χ4v) is 4.52. The van der Waals surface area contributed by atoms with E-state index < -0.39 is 0 Å². The van der Waals surface area contributed by atoms with Crippen LogP contribution in [0, 0.1) is 0 Å². The first-order valence-electron chi connectivity index (χ1n) is 9.39. The number of nitrogen functional groups attached to an aromatic ring is 1. The second-order valence-corrected chi connectivity index (χ2v) is 8.05. The molecule has 4 rings (SSSR count). The fraction of sp³-hybridized carbons (Fsp3) is 0.400. The molecule has 3 aromatic rings. The number of hydrogen-bond donors (Lipinski definition) is 2. The molecule has 27 heavy (non-hydrogen) atoms. The molecular weight excluding hydrogens is 356 g/mol. The van der Waals surface area contributed by atoms with Crippen LogP contribution in [0.1, 0.15) is 23.9 Å². The summed E-state index contributed by atoms with van der Waals surface area (Å²) in [5.74, 6) is 0. The minimum atomic E-state index is -0.201. The van der Waals surface area contributed by atoms with Crippen LogP contribution in [-0.2, 0) is 12.0 Å². The average Bonchev–Trinajstić information content (AvgIpc) is 3.39. The lowest BCUT2D eigenvalue weighted by molar-refractivity contribution is 0.0605. The summed E-state index contributed by atoms with van der Waals surface area (Å²) in [5, 5.41) is 10.1. The molecule has 142 valence electrons. The molecular formula is C20H26N6S. The van der Waals surface area contributed by atoms with Crippen molar-refractivity contribution >= 4 is 16.5 Å². The highest BCUT2D eigenvalue weighted by Gasteiger charge is 2.38. The molecule has 0 radical (unpaired) electrons. The Bertz CT molecular complexity index is 839. The maximum Gasteiger partial charge on any atom is 0.180 e. The van der Waals surface area contributed by atoms with Crippen LogP contribution in [0.5, 0.6) is 0 Å². The van der Waals surface area contributed by atoms with Gasteiger partial charge in [-0.15, -0.1) is 11.3 Å². The Morgan fingerprint density at radius 2 is 1.93 bits per heavy atom. The van der Waals surface area contributed by atoms with Crippen molar-refractivity contribution in [1.29, 1.82) is 0 Å². The van der Waals surface area contributed by atoms with Crippen LogP contribution < -0.4 is 5.73 Å². The lowest BCUT2D eigenvalue weighted by Crippen LogP contribution is -2.55. The van der Waals surface area contributed by atoms with Crippen LogP contribution in [0.25, 0.3) is 0 Å². The van der Waals surface area contributed by atoms with Gasteiger partial charge in [0.05, 0.1) is 16.9 Å². The molecule has 1 unspecified atom stereocenters. The van der Waals surface area contributed by atoms with Gasteiger partial charge in [-0.1, -0.05) is 30.3 Å². The molecule has 1 fully saturated rings. The van der Waals surface area contributed by atoms with Crippen LogP contribution in [0.15, 0.2) is 48.0 Å². The lowest BCUT2D eigenvalue weighted by atomic mass is 9.86. The number of nitrogens with two attached hydrogens (primary N) is 1. The summed E-state index contributed by atoms with van der Waals surface area (Å²) in [6.07, 6.45) is 2.80. The molecule has 6 nitrogen and oxygen atoms in total. The number of hydrogen-bond acceptors (Lipinski definition) is 6. The van der Waals surface area contributed by atoms with Crippen LogP contribution in [0.3, 0.4) is 0 Å². The molecule has 3 N–H and O–H groups in total. The standard InChI is InChI=1S/C20H26N6S/c1-20(18-7-9-22-24-18,16-5-3-2-4-6-16)26-13-11-25(12-14-26)10-8-17-15-27-19(21)23-17/h2-7,9,15H,8,10-14H2,1H3,(H2,21,23)(H,22,24). The molecule has 0 spiro atoms. The summed E-state index contributed by atoms with van der Waals surface area (Å²) < 4.78 is 0.